The van der Waals surface area contributed by atoms with Gasteiger partial charge in [0.15, 0.2) is 0 Å². The summed E-state index contributed by atoms with van der Waals surface area (Å²) in [5, 5.41) is 2.74. The standard InChI is InChI=1S/C16H18IN3O2/c1-11(16(22)19(2)3)18-15(21)14-8-5-9-20(14)13-7-4-6-12(17)10-13/h4-11H,1-3H3,(H,18,21)/t11-/m1/s1. The average molecular weight is 411 g/mol. The summed E-state index contributed by atoms with van der Waals surface area (Å²) in [5.74, 6) is -0.410. The summed E-state index contributed by atoms with van der Waals surface area (Å²) in [7, 11) is 3.33. The molecule has 1 N–H and O–H groups in total. The summed E-state index contributed by atoms with van der Waals surface area (Å²) >= 11 is 2.23. The van der Waals surface area contributed by atoms with Gasteiger partial charge in [0.05, 0.1) is 0 Å². The fourth-order valence-corrected chi connectivity index (χ4v) is 2.66. The third-order valence-corrected chi connectivity index (χ3v) is 3.90. The topological polar surface area (TPSA) is 54.3 Å². The molecule has 1 aromatic carbocycles. The lowest BCUT2D eigenvalue weighted by Gasteiger charge is -2.18. The molecule has 2 amide bonds. The lowest BCUT2D eigenvalue weighted by atomic mass is 10.2. The molecule has 0 unspecified atom stereocenters. The Morgan fingerprint density at radius 3 is 2.59 bits per heavy atom. The molecule has 2 aromatic rings. The van der Waals surface area contributed by atoms with Crippen LogP contribution in [-0.4, -0.2) is 41.4 Å². The summed E-state index contributed by atoms with van der Waals surface area (Å²) in [4.78, 5) is 25.7. The Labute approximate surface area is 143 Å². The van der Waals surface area contributed by atoms with E-state index in [1.54, 1.807) is 27.1 Å². The number of nitrogens with one attached hydrogen (secondary N) is 1. The van der Waals surface area contributed by atoms with Gasteiger partial charge in [-0.05, 0) is 59.8 Å². The van der Waals surface area contributed by atoms with Crippen LogP contribution < -0.4 is 5.32 Å². The van der Waals surface area contributed by atoms with Crippen LogP contribution >= 0.6 is 22.6 Å². The fourth-order valence-electron chi connectivity index (χ4n) is 2.14. The number of carbonyl (C=O) groups is 2. The summed E-state index contributed by atoms with van der Waals surface area (Å²) in [6, 6.07) is 10.8. The fraction of sp³-hybridized carbons (Fsp3) is 0.250. The van der Waals surface area contributed by atoms with Crippen LogP contribution in [0.3, 0.4) is 0 Å². The highest BCUT2D eigenvalue weighted by molar-refractivity contribution is 14.1. The second-order valence-electron chi connectivity index (χ2n) is 5.17. The highest BCUT2D eigenvalue weighted by Gasteiger charge is 2.20. The molecule has 6 heteroatoms. The quantitative estimate of drug-likeness (QED) is 0.786. The van der Waals surface area contributed by atoms with Gasteiger partial charge in [-0.25, -0.2) is 0 Å². The molecule has 0 bridgehead atoms. The zero-order chi connectivity index (χ0) is 16.3. The normalized spacial score (nSPS) is 11.8. The van der Waals surface area contributed by atoms with Gasteiger partial charge in [0, 0.05) is 29.5 Å². The van der Waals surface area contributed by atoms with Crippen molar-refractivity contribution < 1.29 is 9.59 Å². The smallest absolute Gasteiger partial charge is 0.268 e. The lowest BCUT2D eigenvalue weighted by molar-refractivity contribution is -0.130. The molecule has 1 atom stereocenters. The largest absolute Gasteiger partial charge is 0.347 e. The van der Waals surface area contributed by atoms with Gasteiger partial charge >= 0.3 is 0 Å². The molecule has 0 aliphatic carbocycles. The summed E-state index contributed by atoms with van der Waals surface area (Å²) in [6.07, 6.45) is 1.83. The van der Waals surface area contributed by atoms with Crippen LogP contribution in [0.25, 0.3) is 5.69 Å². The van der Waals surface area contributed by atoms with Crippen molar-refractivity contribution in [3.63, 3.8) is 0 Å². The summed E-state index contributed by atoms with van der Waals surface area (Å²) < 4.78 is 2.90. The molecule has 0 saturated heterocycles. The van der Waals surface area contributed by atoms with Gasteiger partial charge in [0.25, 0.3) is 5.91 Å². The van der Waals surface area contributed by atoms with E-state index in [9.17, 15) is 9.59 Å². The van der Waals surface area contributed by atoms with E-state index in [-0.39, 0.29) is 11.8 Å². The number of hydrogen-bond acceptors (Lipinski definition) is 2. The average Bonchev–Trinajstić information content (AvgIpc) is 2.95. The van der Waals surface area contributed by atoms with E-state index in [2.05, 4.69) is 27.9 Å². The maximum absolute atomic E-state index is 12.4. The molecule has 2 rings (SSSR count). The summed E-state index contributed by atoms with van der Waals surface area (Å²) in [5.41, 5.74) is 1.41. The SMILES string of the molecule is C[C@@H](NC(=O)c1cccn1-c1cccc(I)c1)C(=O)N(C)C. The van der Waals surface area contributed by atoms with Crippen molar-refractivity contribution >= 4 is 34.4 Å². The predicted molar refractivity (Wildman–Crippen MR) is 94.1 cm³/mol. The van der Waals surface area contributed by atoms with Crippen LogP contribution in [0.15, 0.2) is 42.6 Å². The molecule has 1 heterocycles. The molecule has 0 aliphatic heterocycles. The maximum atomic E-state index is 12.4. The van der Waals surface area contributed by atoms with E-state index in [0.29, 0.717) is 5.69 Å². The van der Waals surface area contributed by atoms with Crippen molar-refractivity contribution in [3.8, 4) is 5.69 Å². The van der Waals surface area contributed by atoms with Gasteiger partial charge in [0.2, 0.25) is 5.91 Å². The van der Waals surface area contributed by atoms with Crippen molar-refractivity contribution in [1.29, 1.82) is 0 Å². The summed E-state index contributed by atoms with van der Waals surface area (Å²) in [6.45, 7) is 1.68. The molecule has 116 valence electrons. The minimum absolute atomic E-state index is 0.138. The molecule has 0 saturated carbocycles. The van der Waals surface area contributed by atoms with Crippen molar-refractivity contribution in [2.24, 2.45) is 0 Å². The van der Waals surface area contributed by atoms with Crippen LogP contribution in [0.2, 0.25) is 0 Å². The first-order valence-corrected chi connectivity index (χ1v) is 7.93. The minimum atomic E-state index is -0.568. The predicted octanol–water partition coefficient (Wildman–Crippen LogP) is 2.29. The number of halogens is 1. The van der Waals surface area contributed by atoms with Crippen LogP contribution in [0, 0.1) is 3.57 Å². The van der Waals surface area contributed by atoms with Crippen molar-refractivity contribution in [3.05, 3.63) is 51.9 Å². The molecular formula is C16H18IN3O2. The Kier molecular flexibility index (Phi) is 5.23. The molecule has 0 spiro atoms. The molecule has 0 radical (unpaired) electrons. The first-order valence-electron chi connectivity index (χ1n) is 6.85. The number of hydrogen-bond donors (Lipinski definition) is 1. The van der Waals surface area contributed by atoms with E-state index in [0.717, 1.165) is 9.26 Å². The van der Waals surface area contributed by atoms with Gasteiger partial charge < -0.3 is 14.8 Å². The number of benzene rings is 1. The maximum Gasteiger partial charge on any atom is 0.268 e. The Bertz CT molecular complexity index is 694. The van der Waals surface area contributed by atoms with E-state index in [4.69, 9.17) is 0 Å². The molecule has 1 aromatic heterocycles. The molecule has 5 nitrogen and oxygen atoms in total. The highest BCUT2D eigenvalue weighted by atomic mass is 127. The van der Waals surface area contributed by atoms with Crippen LogP contribution in [0.1, 0.15) is 17.4 Å². The first-order chi connectivity index (χ1) is 10.4. The van der Waals surface area contributed by atoms with Gasteiger partial charge in [-0.15, -0.1) is 0 Å². The number of nitrogens with zero attached hydrogens (tertiary/aromatic N) is 2. The second kappa shape index (κ2) is 6.95. The lowest BCUT2D eigenvalue weighted by Crippen LogP contribution is -2.44. The van der Waals surface area contributed by atoms with Gasteiger partial charge in [-0.3, -0.25) is 9.59 Å². The minimum Gasteiger partial charge on any atom is -0.347 e. The Morgan fingerprint density at radius 1 is 1.23 bits per heavy atom. The number of rotatable bonds is 4. The number of carbonyl (C=O) groups excluding carboxylic acids is 2. The van der Waals surface area contributed by atoms with Gasteiger partial charge in [0.1, 0.15) is 11.7 Å². The second-order valence-corrected chi connectivity index (χ2v) is 6.42. The molecular weight excluding hydrogens is 393 g/mol. The highest BCUT2D eigenvalue weighted by Crippen LogP contribution is 2.16. The molecule has 0 aliphatic rings. The third-order valence-electron chi connectivity index (χ3n) is 3.23. The first kappa shape index (κ1) is 16.5. The third kappa shape index (κ3) is 3.68. The number of aromatic nitrogens is 1. The van der Waals surface area contributed by atoms with Crippen molar-refractivity contribution in [2.45, 2.75) is 13.0 Å². The van der Waals surface area contributed by atoms with Crippen LogP contribution in [0.4, 0.5) is 0 Å². The van der Waals surface area contributed by atoms with Crippen LogP contribution in [-0.2, 0) is 4.79 Å². The van der Waals surface area contributed by atoms with Gasteiger partial charge in [-0.2, -0.15) is 0 Å². The number of amides is 2. The van der Waals surface area contributed by atoms with Crippen molar-refractivity contribution in [1.82, 2.24) is 14.8 Å². The van der Waals surface area contributed by atoms with E-state index in [1.165, 1.54) is 4.90 Å². The van der Waals surface area contributed by atoms with E-state index in [1.807, 2.05) is 41.1 Å². The zero-order valence-corrected chi connectivity index (χ0v) is 14.9. The van der Waals surface area contributed by atoms with E-state index < -0.39 is 6.04 Å². The molecule has 0 fully saturated rings. The Hall–Kier alpha value is -1.83. The van der Waals surface area contributed by atoms with Gasteiger partial charge in [-0.1, -0.05) is 6.07 Å². The number of likely N-dealkylation sites (N-methyl/N-ethyl adjacent to an activating group) is 1. The Morgan fingerprint density at radius 2 is 1.95 bits per heavy atom. The monoisotopic (exact) mass is 411 g/mol. The molecule has 22 heavy (non-hydrogen) atoms. The zero-order valence-electron chi connectivity index (χ0n) is 12.7. The van der Waals surface area contributed by atoms with Crippen molar-refractivity contribution in [2.75, 3.05) is 14.1 Å². The van der Waals surface area contributed by atoms with Crippen LogP contribution in [0.5, 0.6) is 0 Å². The van der Waals surface area contributed by atoms with E-state index >= 15 is 0 Å². The Balaban J connectivity index is 2.22.